The molecule has 4 heteroatoms. The van der Waals surface area contributed by atoms with Gasteiger partial charge in [-0.1, -0.05) is 6.92 Å². The predicted molar refractivity (Wildman–Crippen MR) is 68.2 cm³/mol. The molecule has 0 aliphatic carbocycles. The van der Waals surface area contributed by atoms with E-state index in [0.717, 1.165) is 45.9 Å². The summed E-state index contributed by atoms with van der Waals surface area (Å²) in [7, 11) is 0. The smallest absolute Gasteiger partial charge is 0.0826 e. The molecular weight excluding hydrogens is 216 g/mol. The number of rotatable bonds is 5. The standard InChI is InChI=1S/C13H26N2O2/c1-3-15-5-7-17-13(10-15)9-14-8-12-4-6-16-11(12)2/h11-14H,3-10H2,1-2H3. The van der Waals surface area contributed by atoms with Crippen molar-refractivity contribution in [3.8, 4) is 0 Å². The summed E-state index contributed by atoms with van der Waals surface area (Å²) in [6, 6.07) is 0. The number of likely N-dealkylation sites (N-methyl/N-ethyl adjacent to an activating group) is 1. The third kappa shape index (κ3) is 3.91. The van der Waals surface area contributed by atoms with Gasteiger partial charge in [-0.3, -0.25) is 4.90 Å². The Hall–Kier alpha value is -0.160. The Morgan fingerprint density at radius 3 is 2.82 bits per heavy atom. The lowest BCUT2D eigenvalue weighted by Gasteiger charge is -2.32. The summed E-state index contributed by atoms with van der Waals surface area (Å²) in [5, 5.41) is 3.54. The monoisotopic (exact) mass is 242 g/mol. The van der Waals surface area contributed by atoms with Crippen molar-refractivity contribution in [2.75, 3.05) is 45.9 Å². The van der Waals surface area contributed by atoms with Crippen molar-refractivity contribution in [1.82, 2.24) is 10.2 Å². The van der Waals surface area contributed by atoms with Crippen LogP contribution in [-0.2, 0) is 9.47 Å². The first-order valence-corrected chi connectivity index (χ1v) is 6.96. The van der Waals surface area contributed by atoms with Gasteiger partial charge in [0.1, 0.15) is 0 Å². The summed E-state index contributed by atoms with van der Waals surface area (Å²) >= 11 is 0. The third-order valence-electron chi connectivity index (χ3n) is 3.98. The molecule has 2 aliphatic rings. The SMILES string of the molecule is CCN1CCOC(CNCC2CCOC2C)C1. The van der Waals surface area contributed by atoms with Crippen LogP contribution in [0.25, 0.3) is 0 Å². The minimum Gasteiger partial charge on any atom is -0.378 e. The Labute approximate surface area is 105 Å². The van der Waals surface area contributed by atoms with E-state index < -0.39 is 0 Å². The molecule has 2 aliphatic heterocycles. The number of morpholine rings is 1. The summed E-state index contributed by atoms with van der Waals surface area (Å²) < 4.78 is 11.3. The number of ether oxygens (including phenoxy) is 2. The van der Waals surface area contributed by atoms with Gasteiger partial charge in [0.15, 0.2) is 0 Å². The van der Waals surface area contributed by atoms with Gasteiger partial charge >= 0.3 is 0 Å². The normalized spacial score (nSPS) is 35.3. The first-order valence-electron chi connectivity index (χ1n) is 6.96. The third-order valence-corrected chi connectivity index (χ3v) is 3.98. The molecule has 0 aromatic carbocycles. The second-order valence-electron chi connectivity index (χ2n) is 5.17. The summed E-state index contributed by atoms with van der Waals surface area (Å²) in [6.07, 6.45) is 1.98. The van der Waals surface area contributed by atoms with Crippen molar-refractivity contribution in [2.24, 2.45) is 5.92 Å². The van der Waals surface area contributed by atoms with Crippen molar-refractivity contribution in [3.63, 3.8) is 0 Å². The zero-order valence-electron chi connectivity index (χ0n) is 11.2. The van der Waals surface area contributed by atoms with Gasteiger partial charge in [0, 0.05) is 32.8 Å². The zero-order chi connectivity index (χ0) is 12.1. The van der Waals surface area contributed by atoms with Crippen molar-refractivity contribution in [1.29, 1.82) is 0 Å². The maximum Gasteiger partial charge on any atom is 0.0826 e. The average molecular weight is 242 g/mol. The van der Waals surface area contributed by atoms with Gasteiger partial charge in [0.2, 0.25) is 0 Å². The van der Waals surface area contributed by atoms with Crippen LogP contribution in [0.1, 0.15) is 20.3 Å². The highest BCUT2D eigenvalue weighted by molar-refractivity contribution is 4.77. The molecule has 17 heavy (non-hydrogen) atoms. The number of hydrogen-bond acceptors (Lipinski definition) is 4. The first kappa shape index (κ1) is 13.3. The lowest BCUT2D eigenvalue weighted by atomic mass is 10.0. The molecule has 0 amide bonds. The number of hydrogen-bond donors (Lipinski definition) is 1. The van der Waals surface area contributed by atoms with E-state index in [9.17, 15) is 0 Å². The van der Waals surface area contributed by atoms with E-state index in [2.05, 4.69) is 24.1 Å². The fourth-order valence-corrected chi connectivity index (χ4v) is 2.66. The molecule has 3 atom stereocenters. The lowest BCUT2D eigenvalue weighted by molar-refractivity contribution is -0.0257. The van der Waals surface area contributed by atoms with E-state index >= 15 is 0 Å². The van der Waals surface area contributed by atoms with Crippen LogP contribution in [0.5, 0.6) is 0 Å². The second-order valence-corrected chi connectivity index (χ2v) is 5.17. The highest BCUT2D eigenvalue weighted by Gasteiger charge is 2.24. The molecule has 100 valence electrons. The minimum atomic E-state index is 0.362. The van der Waals surface area contributed by atoms with Crippen LogP contribution in [0.15, 0.2) is 0 Å². The zero-order valence-corrected chi connectivity index (χ0v) is 11.2. The Bertz CT molecular complexity index is 225. The first-order chi connectivity index (χ1) is 8.29. The molecule has 0 saturated carbocycles. The molecule has 0 aromatic heterocycles. The minimum absolute atomic E-state index is 0.362. The van der Waals surface area contributed by atoms with Crippen molar-refractivity contribution in [3.05, 3.63) is 0 Å². The quantitative estimate of drug-likeness (QED) is 0.770. The Morgan fingerprint density at radius 2 is 2.12 bits per heavy atom. The van der Waals surface area contributed by atoms with E-state index in [1.165, 1.54) is 6.42 Å². The van der Waals surface area contributed by atoms with Crippen molar-refractivity contribution in [2.45, 2.75) is 32.5 Å². The molecule has 0 spiro atoms. The van der Waals surface area contributed by atoms with Gasteiger partial charge in [-0.15, -0.1) is 0 Å². The van der Waals surface area contributed by atoms with Crippen LogP contribution >= 0.6 is 0 Å². The van der Waals surface area contributed by atoms with Crippen LogP contribution in [-0.4, -0.2) is 63.0 Å². The highest BCUT2D eigenvalue weighted by Crippen LogP contribution is 2.19. The van der Waals surface area contributed by atoms with Gasteiger partial charge in [-0.25, -0.2) is 0 Å². The Kier molecular flexibility index (Phi) is 5.22. The second kappa shape index (κ2) is 6.69. The fourth-order valence-electron chi connectivity index (χ4n) is 2.66. The van der Waals surface area contributed by atoms with Crippen molar-refractivity contribution < 1.29 is 9.47 Å². The predicted octanol–water partition coefficient (Wildman–Crippen LogP) is 0.722. The van der Waals surface area contributed by atoms with E-state index in [4.69, 9.17) is 9.47 Å². The topological polar surface area (TPSA) is 33.7 Å². The fraction of sp³-hybridized carbons (Fsp3) is 1.00. The molecule has 2 rings (SSSR count). The largest absolute Gasteiger partial charge is 0.378 e. The van der Waals surface area contributed by atoms with Gasteiger partial charge in [-0.2, -0.15) is 0 Å². The van der Waals surface area contributed by atoms with Crippen LogP contribution in [0.3, 0.4) is 0 Å². The van der Waals surface area contributed by atoms with Crippen molar-refractivity contribution >= 4 is 0 Å². The molecule has 1 N–H and O–H groups in total. The summed E-state index contributed by atoms with van der Waals surface area (Å²) in [5.74, 6) is 0.681. The summed E-state index contributed by atoms with van der Waals surface area (Å²) in [6.45, 7) is 11.5. The Morgan fingerprint density at radius 1 is 1.24 bits per heavy atom. The maximum absolute atomic E-state index is 5.77. The number of nitrogens with one attached hydrogen (secondary N) is 1. The lowest BCUT2D eigenvalue weighted by Crippen LogP contribution is -2.47. The van der Waals surface area contributed by atoms with Gasteiger partial charge in [0.05, 0.1) is 18.8 Å². The molecule has 4 nitrogen and oxygen atoms in total. The summed E-state index contributed by atoms with van der Waals surface area (Å²) in [4.78, 5) is 2.46. The average Bonchev–Trinajstić information content (AvgIpc) is 2.76. The molecular formula is C13H26N2O2. The van der Waals surface area contributed by atoms with E-state index in [1.54, 1.807) is 0 Å². The van der Waals surface area contributed by atoms with Crippen LogP contribution < -0.4 is 5.32 Å². The van der Waals surface area contributed by atoms with Crippen LogP contribution in [0.2, 0.25) is 0 Å². The molecule has 2 heterocycles. The van der Waals surface area contributed by atoms with Gasteiger partial charge in [-0.05, 0) is 25.8 Å². The Balaban J connectivity index is 1.61. The maximum atomic E-state index is 5.77. The molecule has 0 aromatic rings. The van der Waals surface area contributed by atoms with E-state index in [1.807, 2.05) is 0 Å². The van der Waals surface area contributed by atoms with Gasteiger partial charge < -0.3 is 14.8 Å². The molecule has 2 saturated heterocycles. The van der Waals surface area contributed by atoms with Crippen LogP contribution in [0, 0.1) is 5.92 Å². The van der Waals surface area contributed by atoms with Crippen LogP contribution in [0.4, 0.5) is 0 Å². The van der Waals surface area contributed by atoms with E-state index in [0.29, 0.717) is 18.1 Å². The molecule has 0 radical (unpaired) electrons. The van der Waals surface area contributed by atoms with E-state index in [-0.39, 0.29) is 0 Å². The van der Waals surface area contributed by atoms with Gasteiger partial charge in [0.25, 0.3) is 0 Å². The molecule has 3 unspecified atom stereocenters. The highest BCUT2D eigenvalue weighted by atomic mass is 16.5. The number of nitrogens with zero attached hydrogens (tertiary/aromatic N) is 1. The summed E-state index contributed by atoms with van der Waals surface area (Å²) in [5.41, 5.74) is 0. The molecule has 0 bridgehead atoms. The molecule has 2 fully saturated rings.